The van der Waals surface area contributed by atoms with E-state index in [0.717, 1.165) is 19.3 Å². The molecule has 1 heterocycles. The SMILES string of the molecule is CC1CC(C)N(C(=O)OC(C)(C)C)C1.O=CCCCO. The molecule has 0 radical (unpaired) electrons. The predicted molar refractivity (Wildman–Crippen MR) is 78.6 cm³/mol. The van der Waals surface area contributed by atoms with Gasteiger partial charge in [-0.3, -0.25) is 0 Å². The fourth-order valence-electron chi connectivity index (χ4n) is 2.05. The van der Waals surface area contributed by atoms with Gasteiger partial charge in [-0.1, -0.05) is 6.92 Å². The summed E-state index contributed by atoms with van der Waals surface area (Å²) >= 11 is 0. The van der Waals surface area contributed by atoms with Crippen molar-refractivity contribution in [2.24, 2.45) is 5.92 Å². The number of aliphatic hydroxyl groups is 1. The van der Waals surface area contributed by atoms with Gasteiger partial charge >= 0.3 is 6.09 Å². The van der Waals surface area contributed by atoms with E-state index in [2.05, 4.69) is 13.8 Å². The van der Waals surface area contributed by atoms with E-state index in [1.54, 1.807) is 0 Å². The molecule has 2 unspecified atom stereocenters. The summed E-state index contributed by atoms with van der Waals surface area (Å²) in [6, 6.07) is 0.319. The molecule has 20 heavy (non-hydrogen) atoms. The van der Waals surface area contributed by atoms with Gasteiger partial charge in [0.1, 0.15) is 11.9 Å². The van der Waals surface area contributed by atoms with Crippen molar-refractivity contribution in [3.63, 3.8) is 0 Å². The fraction of sp³-hybridized carbons (Fsp3) is 0.867. The Morgan fingerprint density at radius 1 is 1.40 bits per heavy atom. The van der Waals surface area contributed by atoms with Crippen LogP contribution in [0, 0.1) is 5.92 Å². The van der Waals surface area contributed by atoms with E-state index in [0.29, 0.717) is 24.8 Å². The second kappa shape index (κ2) is 8.95. The van der Waals surface area contributed by atoms with Crippen LogP contribution in [-0.2, 0) is 9.53 Å². The van der Waals surface area contributed by atoms with Crippen LogP contribution in [0.3, 0.4) is 0 Å². The predicted octanol–water partition coefficient (Wildman–Crippen LogP) is 2.61. The summed E-state index contributed by atoms with van der Waals surface area (Å²) in [5.74, 6) is 0.595. The Bertz CT molecular complexity index is 299. The maximum Gasteiger partial charge on any atom is 0.410 e. The summed E-state index contributed by atoms with van der Waals surface area (Å²) in [6.45, 7) is 10.9. The summed E-state index contributed by atoms with van der Waals surface area (Å²) in [5, 5.41) is 8.04. The largest absolute Gasteiger partial charge is 0.444 e. The van der Waals surface area contributed by atoms with Crippen LogP contribution in [0.4, 0.5) is 4.79 Å². The number of carbonyl (C=O) groups is 2. The summed E-state index contributed by atoms with van der Waals surface area (Å²) in [7, 11) is 0. The number of nitrogens with zero attached hydrogens (tertiary/aromatic N) is 1. The maximum atomic E-state index is 11.7. The van der Waals surface area contributed by atoms with E-state index in [1.807, 2.05) is 25.7 Å². The molecule has 1 aliphatic rings. The van der Waals surface area contributed by atoms with Crippen molar-refractivity contribution in [3.05, 3.63) is 0 Å². The van der Waals surface area contributed by atoms with Crippen molar-refractivity contribution >= 4 is 12.4 Å². The van der Waals surface area contributed by atoms with Crippen LogP contribution in [0.25, 0.3) is 0 Å². The van der Waals surface area contributed by atoms with Crippen LogP contribution >= 0.6 is 0 Å². The van der Waals surface area contributed by atoms with Crippen molar-refractivity contribution in [3.8, 4) is 0 Å². The second-order valence-corrected chi connectivity index (χ2v) is 6.36. The molecule has 0 spiro atoms. The van der Waals surface area contributed by atoms with Crippen LogP contribution in [0.5, 0.6) is 0 Å². The molecule has 1 fully saturated rings. The smallest absolute Gasteiger partial charge is 0.410 e. The van der Waals surface area contributed by atoms with Crippen molar-refractivity contribution in [1.29, 1.82) is 0 Å². The standard InChI is InChI=1S/C11H21NO2.C4H8O2/c1-8-6-9(2)12(7-8)10(13)14-11(3,4)5;5-3-1-2-4-6/h8-9H,6-7H2,1-5H3;3,6H,1-2,4H2. The minimum absolute atomic E-state index is 0.124. The zero-order chi connectivity index (χ0) is 15.8. The van der Waals surface area contributed by atoms with Crippen LogP contribution in [0.1, 0.15) is 53.9 Å². The number of aliphatic hydroxyl groups excluding tert-OH is 1. The lowest BCUT2D eigenvalue weighted by Crippen LogP contribution is -2.38. The highest BCUT2D eigenvalue weighted by Gasteiger charge is 2.32. The Morgan fingerprint density at radius 2 is 2.00 bits per heavy atom. The van der Waals surface area contributed by atoms with Gasteiger partial charge in [0.15, 0.2) is 0 Å². The monoisotopic (exact) mass is 287 g/mol. The average Bonchev–Trinajstić information content (AvgIpc) is 2.64. The number of aldehydes is 1. The zero-order valence-corrected chi connectivity index (χ0v) is 13.4. The van der Waals surface area contributed by atoms with Crippen LogP contribution < -0.4 is 0 Å². The molecule has 0 aromatic carbocycles. The van der Waals surface area contributed by atoms with Crippen molar-refractivity contribution < 1.29 is 19.4 Å². The summed E-state index contributed by atoms with van der Waals surface area (Å²) in [5.41, 5.74) is -0.386. The Kier molecular flexibility index (Phi) is 8.46. The lowest BCUT2D eigenvalue weighted by atomic mass is 10.1. The van der Waals surface area contributed by atoms with Crippen molar-refractivity contribution in [2.75, 3.05) is 13.2 Å². The average molecular weight is 287 g/mol. The first-order valence-corrected chi connectivity index (χ1v) is 7.25. The first kappa shape index (κ1) is 18.9. The number of amides is 1. The number of ether oxygens (including phenoxy) is 1. The summed E-state index contributed by atoms with van der Waals surface area (Å²) in [6.07, 6.45) is 2.80. The lowest BCUT2D eigenvalue weighted by Gasteiger charge is -2.26. The number of likely N-dealkylation sites (tertiary alicyclic amines) is 1. The molecule has 1 N–H and O–H groups in total. The van der Waals surface area contributed by atoms with E-state index >= 15 is 0 Å². The molecule has 118 valence electrons. The third kappa shape index (κ3) is 8.15. The van der Waals surface area contributed by atoms with Gasteiger partial charge in [0.05, 0.1) is 0 Å². The molecule has 2 atom stereocenters. The first-order chi connectivity index (χ1) is 9.21. The quantitative estimate of drug-likeness (QED) is 0.640. The van der Waals surface area contributed by atoms with Gasteiger partial charge < -0.3 is 19.5 Å². The molecular formula is C15H29NO4. The number of carbonyl (C=O) groups excluding carboxylic acids is 2. The molecule has 1 aliphatic heterocycles. The van der Waals surface area contributed by atoms with Crippen molar-refractivity contribution in [1.82, 2.24) is 4.90 Å². The Labute approximate surface area is 122 Å². The third-order valence-corrected chi connectivity index (χ3v) is 2.89. The number of hydrogen-bond acceptors (Lipinski definition) is 4. The first-order valence-electron chi connectivity index (χ1n) is 7.25. The normalized spacial score (nSPS) is 22.0. The van der Waals surface area contributed by atoms with Gasteiger partial charge in [-0.2, -0.15) is 0 Å². The van der Waals surface area contributed by atoms with Crippen LogP contribution in [-0.4, -0.2) is 47.2 Å². The number of hydrogen-bond donors (Lipinski definition) is 1. The Morgan fingerprint density at radius 3 is 2.30 bits per heavy atom. The molecule has 0 aromatic rings. The number of unbranched alkanes of at least 4 members (excludes halogenated alkanes) is 1. The van der Waals surface area contributed by atoms with Gasteiger partial charge in [-0.05, 0) is 46.5 Å². The zero-order valence-electron chi connectivity index (χ0n) is 13.4. The van der Waals surface area contributed by atoms with E-state index in [9.17, 15) is 9.59 Å². The molecule has 1 rings (SSSR count). The molecule has 0 aliphatic carbocycles. The van der Waals surface area contributed by atoms with E-state index < -0.39 is 0 Å². The molecule has 1 amide bonds. The van der Waals surface area contributed by atoms with Gasteiger partial charge in [0.2, 0.25) is 0 Å². The molecule has 0 saturated carbocycles. The molecule has 0 bridgehead atoms. The highest BCUT2D eigenvalue weighted by atomic mass is 16.6. The Hall–Kier alpha value is -1.10. The van der Waals surface area contributed by atoms with E-state index in [4.69, 9.17) is 9.84 Å². The van der Waals surface area contributed by atoms with E-state index in [-0.39, 0.29) is 18.3 Å². The minimum atomic E-state index is -0.386. The minimum Gasteiger partial charge on any atom is -0.444 e. The van der Waals surface area contributed by atoms with Gasteiger partial charge in [0, 0.05) is 25.6 Å². The third-order valence-electron chi connectivity index (χ3n) is 2.89. The highest BCUT2D eigenvalue weighted by molar-refractivity contribution is 5.68. The molecule has 0 aromatic heterocycles. The Balaban J connectivity index is 0.000000511. The number of rotatable bonds is 3. The topological polar surface area (TPSA) is 66.8 Å². The van der Waals surface area contributed by atoms with Crippen LogP contribution in [0.2, 0.25) is 0 Å². The van der Waals surface area contributed by atoms with Gasteiger partial charge in [-0.15, -0.1) is 0 Å². The fourth-order valence-corrected chi connectivity index (χ4v) is 2.05. The van der Waals surface area contributed by atoms with Crippen LogP contribution in [0.15, 0.2) is 0 Å². The molecule has 5 heteroatoms. The van der Waals surface area contributed by atoms with E-state index in [1.165, 1.54) is 0 Å². The molecular weight excluding hydrogens is 258 g/mol. The highest BCUT2D eigenvalue weighted by Crippen LogP contribution is 2.24. The summed E-state index contributed by atoms with van der Waals surface area (Å²) in [4.78, 5) is 23.0. The molecule has 5 nitrogen and oxygen atoms in total. The maximum absolute atomic E-state index is 11.7. The second-order valence-electron chi connectivity index (χ2n) is 6.36. The summed E-state index contributed by atoms with van der Waals surface area (Å²) < 4.78 is 5.33. The van der Waals surface area contributed by atoms with Gasteiger partial charge in [0.25, 0.3) is 0 Å². The lowest BCUT2D eigenvalue weighted by molar-refractivity contribution is -0.108. The molecule has 1 saturated heterocycles. The van der Waals surface area contributed by atoms with Crippen molar-refractivity contribution in [2.45, 2.75) is 65.5 Å². The van der Waals surface area contributed by atoms with Gasteiger partial charge in [-0.25, -0.2) is 4.79 Å².